The fourth-order valence-electron chi connectivity index (χ4n) is 1.82. The number of carbonyl (C=O) groups is 1. The summed E-state index contributed by atoms with van der Waals surface area (Å²) in [6, 6.07) is 13.4. The van der Waals surface area contributed by atoms with E-state index < -0.39 is 0 Å². The largest absolute Gasteiger partial charge is 0.496 e. The Labute approximate surface area is 123 Å². The predicted molar refractivity (Wildman–Crippen MR) is 80.3 cm³/mol. The van der Waals surface area contributed by atoms with Crippen LogP contribution in [0.4, 0.5) is 4.39 Å². The van der Waals surface area contributed by atoms with Crippen molar-refractivity contribution >= 4 is 12.0 Å². The fraction of sp³-hybridized carbons (Fsp3) is 0.118. The molecule has 0 radical (unpaired) electrons. The quantitative estimate of drug-likeness (QED) is 0.857. The highest BCUT2D eigenvalue weighted by molar-refractivity contribution is 5.92. The van der Waals surface area contributed by atoms with Gasteiger partial charge in [0.1, 0.15) is 11.6 Å². The van der Waals surface area contributed by atoms with E-state index in [0.29, 0.717) is 12.3 Å². The van der Waals surface area contributed by atoms with Gasteiger partial charge in [0.05, 0.1) is 7.11 Å². The molecule has 0 saturated carbocycles. The van der Waals surface area contributed by atoms with Crippen molar-refractivity contribution < 1.29 is 13.9 Å². The average Bonchev–Trinajstić information content (AvgIpc) is 2.52. The molecule has 2 rings (SSSR count). The lowest BCUT2D eigenvalue weighted by atomic mass is 10.2. The summed E-state index contributed by atoms with van der Waals surface area (Å²) in [6.45, 7) is 0.357. The maximum Gasteiger partial charge on any atom is 0.244 e. The highest BCUT2D eigenvalue weighted by Crippen LogP contribution is 2.18. The summed E-state index contributed by atoms with van der Waals surface area (Å²) in [7, 11) is 1.58. The van der Waals surface area contributed by atoms with Crippen molar-refractivity contribution in [2.45, 2.75) is 6.54 Å². The molecule has 0 aromatic heterocycles. The van der Waals surface area contributed by atoms with E-state index in [1.54, 1.807) is 25.3 Å². The Morgan fingerprint density at radius 2 is 1.90 bits per heavy atom. The van der Waals surface area contributed by atoms with Crippen LogP contribution < -0.4 is 10.1 Å². The zero-order valence-electron chi connectivity index (χ0n) is 11.7. The van der Waals surface area contributed by atoms with Crippen LogP contribution in [0.2, 0.25) is 0 Å². The van der Waals surface area contributed by atoms with E-state index in [2.05, 4.69) is 5.32 Å². The number of carbonyl (C=O) groups excluding carboxylic acids is 1. The third-order valence-electron chi connectivity index (χ3n) is 2.93. The lowest BCUT2D eigenvalue weighted by molar-refractivity contribution is -0.116. The highest BCUT2D eigenvalue weighted by atomic mass is 19.1. The van der Waals surface area contributed by atoms with E-state index in [-0.39, 0.29) is 11.7 Å². The Kier molecular flexibility index (Phi) is 5.10. The number of nitrogens with one attached hydrogen (secondary N) is 1. The molecule has 0 aliphatic carbocycles. The summed E-state index contributed by atoms with van der Waals surface area (Å²) in [4.78, 5) is 11.7. The average molecular weight is 285 g/mol. The van der Waals surface area contributed by atoms with E-state index >= 15 is 0 Å². The van der Waals surface area contributed by atoms with Crippen LogP contribution in [-0.2, 0) is 11.3 Å². The summed E-state index contributed by atoms with van der Waals surface area (Å²) in [5.41, 5.74) is 1.67. The number of halogens is 1. The fourth-order valence-corrected chi connectivity index (χ4v) is 1.82. The molecule has 0 aliphatic heterocycles. The standard InChI is InChI=1S/C17H16FNO2/c1-21-16-5-3-2-4-14(16)8-11-17(20)19-12-13-6-9-15(18)10-7-13/h2-11H,12H2,1H3,(H,19,20)/b11-8+. The molecular formula is C17H16FNO2. The minimum absolute atomic E-state index is 0.217. The minimum Gasteiger partial charge on any atom is -0.496 e. The van der Waals surface area contributed by atoms with Gasteiger partial charge in [-0.05, 0) is 29.8 Å². The van der Waals surface area contributed by atoms with Crippen LogP contribution in [0.1, 0.15) is 11.1 Å². The molecular weight excluding hydrogens is 269 g/mol. The van der Waals surface area contributed by atoms with Crippen molar-refractivity contribution in [1.29, 1.82) is 0 Å². The summed E-state index contributed by atoms with van der Waals surface area (Å²) < 4.78 is 18.0. The SMILES string of the molecule is COc1ccccc1/C=C/C(=O)NCc1ccc(F)cc1. The van der Waals surface area contributed by atoms with Gasteiger partial charge in [-0.2, -0.15) is 0 Å². The van der Waals surface area contributed by atoms with Crippen molar-refractivity contribution in [3.63, 3.8) is 0 Å². The molecule has 0 spiro atoms. The zero-order chi connectivity index (χ0) is 15.1. The van der Waals surface area contributed by atoms with Crippen LogP contribution in [0, 0.1) is 5.82 Å². The highest BCUT2D eigenvalue weighted by Gasteiger charge is 2.00. The molecule has 108 valence electrons. The summed E-state index contributed by atoms with van der Waals surface area (Å²) in [6.07, 6.45) is 3.14. The maximum absolute atomic E-state index is 12.8. The Balaban J connectivity index is 1.92. The number of benzene rings is 2. The molecule has 0 aliphatic rings. The van der Waals surface area contributed by atoms with Crippen LogP contribution in [-0.4, -0.2) is 13.0 Å². The molecule has 21 heavy (non-hydrogen) atoms. The lowest BCUT2D eigenvalue weighted by Gasteiger charge is -2.04. The van der Waals surface area contributed by atoms with Crippen LogP contribution in [0.25, 0.3) is 6.08 Å². The second kappa shape index (κ2) is 7.24. The summed E-state index contributed by atoms with van der Waals surface area (Å²) in [5.74, 6) is 0.200. The molecule has 0 fully saturated rings. The predicted octanol–water partition coefficient (Wildman–Crippen LogP) is 3.16. The minimum atomic E-state index is -0.291. The molecule has 1 amide bonds. The molecule has 2 aromatic carbocycles. The Bertz CT molecular complexity index is 635. The molecule has 0 atom stereocenters. The summed E-state index contributed by atoms with van der Waals surface area (Å²) >= 11 is 0. The molecule has 0 unspecified atom stereocenters. The molecule has 0 saturated heterocycles. The van der Waals surface area contributed by atoms with E-state index in [1.807, 2.05) is 24.3 Å². The van der Waals surface area contributed by atoms with Gasteiger partial charge in [0, 0.05) is 18.2 Å². The van der Waals surface area contributed by atoms with E-state index in [4.69, 9.17) is 4.74 Å². The van der Waals surface area contributed by atoms with Gasteiger partial charge >= 0.3 is 0 Å². The molecule has 4 heteroatoms. The van der Waals surface area contributed by atoms with Crippen LogP contribution in [0.5, 0.6) is 5.75 Å². The van der Waals surface area contributed by atoms with Gasteiger partial charge in [-0.1, -0.05) is 30.3 Å². The third-order valence-corrected chi connectivity index (χ3v) is 2.93. The van der Waals surface area contributed by atoms with Gasteiger partial charge in [-0.25, -0.2) is 4.39 Å². The van der Waals surface area contributed by atoms with Gasteiger partial charge in [0.25, 0.3) is 0 Å². The Morgan fingerprint density at radius 1 is 1.19 bits per heavy atom. The topological polar surface area (TPSA) is 38.3 Å². The van der Waals surface area contributed by atoms with Crippen LogP contribution in [0.15, 0.2) is 54.6 Å². The Morgan fingerprint density at radius 3 is 2.62 bits per heavy atom. The van der Waals surface area contributed by atoms with Crippen molar-refractivity contribution in [3.05, 3.63) is 71.6 Å². The van der Waals surface area contributed by atoms with Crippen molar-refractivity contribution in [3.8, 4) is 5.75 Å². The maximum atomic E-state index is 12.8. The van der Waals surface area contributed by atoms with E-state index in [0.717, 1.165) is 11.1 Å². The molecule has 0 bridgehead atoms. The number of para-hydroxylation sites is 1. The van der Waals surface area contributed by atoms with Gasteiger partial charge < -0.3 is 10.1 Å². The van der Waals surface area contributed by atoms with Crippen molar-refractivity contribution in [2.75, 3.05) is 7.11 Å². The van der Waals surface area contributed by atoms with Gasteiger partial charge in [-0.3, -0.25) is 4.79 Å². The number of ether oxygens (including phenoxy) is 1. The molecule has 1 N–H and O–H groups in total. The van der Waals surface area contributed by atoms with E-state index in [1.165, 1.54) is 18.2 Å². The first kappa shape index (κ1) is 14.8. The summed E-state index contributed by atoms with van der Waals surface area (Å²) in [5, 5.41) is 2.74. The third kappa shape index (κ3) is 4.45. The second-order valence-corrected chi connectivity index (χ2v) is 4.42. The first-order chi connectivity index (χ1) is 10.2. The number of rotatable bonds is 5. The van der Waals surface area contributed by atoms with Gasteiger partial charge in [-0.15, -0.1) is 0 Å². The second-order valence-electron chi connectivity index (χ2n) is 4.42. The molecule has 2 aromatic rings. The zero-order valence-corrected chi connectivity index (χ0v) is 11.7. The van der Waals surface area contributed by atoms with Crippen molar-refractivity contribution in [2.24, 2.45) is 0 Å². The normalized spacial score (nSPS) is 10.6. The smallest absolute Gasteiger partial charge is 0.244 e. The molecule has 0 heterocycles. The van der Waals surface area contributed by atoms with Crippen LogP contribution >= 0.6 is 0 Å². The first-order valence-corrected chi connectivity index (χ1v) is 6.52. The number of hydrogen-bond donors (Lipinski definition) is 1. The molecule has 3 nitrogen and oxygen atoms in total. The van der Waals surface area contributed by atoms with Gasteiger partial charge in [0.15, 0.2) is 0 Å². The first-order valence-electron chi connectivity index (χ1n) is 6.52. The Hall–Kier alpha value is -2.62. The number of amides is 1. The van der Waals surface area contributed by atoms with Gasteiger partial charge in [0.2, 0.25) is 5.91 Å². The lowest BCUT2D eigenvalue weighted by Crippen LogP contribution is -2.20. The monoisotopic (exact) mass is 285 g/mol. The number of methoxy groups -OCH3 is 1. The van der Waals surface area contributed by atoms with Crippen molar-refractivity contribution in [1.82, 2.24) is 5.32 Å². The van der Waals surface area contributed by atoms with Crippen LogP contribution in [0.3, 0.4) is 0 Å². The number of hydrogen-bond acceptors (Lipinski definition) is 2. The van der Waals surface area contributed by atoms with E-state index in [9.17, 15) is 9.18 Å².